The molecule has 0 fully saturated rings. The molecule has 0 aliphatic heterocycles. The van der Waals surface area contributed by atoms with Crippen LogP contribution in [-0.2, 0) is 0 Å². The molecule has 0 saturated heterocycles. The van der Waals surface area contributed by atoms with Crippen LogP contribution in [0.15, 0.2) is 24.3 Å². The van der Waals surface area contributed by atoms with Gasteiger partial charge in [0.2, 0.25) is 0 Å². The second-order valence-electron chi connectivity index (χ2n) is 3.29. The van der Waals surface area contributed by atoms with Crippen molar-refractivity contribution in [1.82, 2.24) is 0 Å². The van der Waals surface area contributed by atoms with Crippen LogP contribution in [0, 0.1) is 17.5 Å². The standard InChI is InChI=1S/C11H5Cl2F3S/c12-9-2-1-8(17-9)11(13)10-6(15)3-5(14)4-7(10)16/h1-4,11H. The molecule has 90 valence electrons. The van der Waals surface area contributed by atoms with Crippen molar-refractivity contribution in [3.8, 4) is 0 Å². The van der Waals surface area contributed by atoms with Crippen LogP contribution in [0.4, 0.5) is 13.2 Å². The fraction of sp³-hybridized carbons (Fsp3) is 0.0909. The molecule has 0 radical (unpaired) electrons. The summed E-state index contributed by atoms with van der Waals surface area (Å²) in [5, 5.41) is -1.02. The number of rotatable bonds is 2. The SMILES string of the molecule is Fc1cc(F)c(C(Cl)c2ccc(Cl)s2)c(F)c1. The third-order valence-corrected chi connectivity index (χ3v) is 4.02. The van der Waals surface area contributed by atoms with Gasteiger partial charge in [-0.2, -0.15) is 0 Å². The van der Waals surface area contributed by atoms with E-state index in [0.29, 0.717) is 21.3 Å². The molecule has 0 bridgehead atoms. The summed E-state index contributed by atoms with van der Waals surface area (Å²) in [6.07, 6.45) is 0. The van der Waals surface area contributed by atoms with Gasteiger partial charge in [-0.15, -0.1) is 22.9 Å². The summed E-state index contributed by atoms with van der Waals surface area (Å²) in [5.74, 6) is -2.99. The van der Waals surface area contributed by atoms with E-state index in [1.807, 2.05) is 0 Å². The zero-order chi connectivity index (χ0) is 12.6. The van der Waals surface area contributed by atoms with Crippen LogP contribution in [-0.4, -0.2) is 0 Å². The Hall–Kier alpha value is -0.710. The van der Waals surface area contributed by atoms with E-state index in [-0.39, 0.29) is 5.56 Å². The summed E-state index contributed by atoms with van der Waals surface area (Å²) in [6, 6.07) is 4.36. The average molecular weight is 297 g/mol. The smallest absolute Gasteiger partial charge is 0.134 e. The highest BCUT2D eigenvalue weighted by Gasteiger charge is 2.22. The lowest BCUT2D eigenvalue weighted by Gasteiger charge is -2.10. The molecule has 0 amide bonds. The first kappa shape index (κ1) is 12.7. The second-order valence-corrected chi connectivity index (χ2v) is 5.47. The van der Waals surface area contributed by atoms with Crippen LogP contribution in [0.5, 0.6) is 0 Å². The number of alkyl halides is 1. The Morgan fingerprint density at radius 3 is 2.12 bits per heavy atom. The average Bonchev–Trinajstić information content (AvgIpc) is 2.63. The van der Waals surface area contributed by atoms with Gasteiger partial charge in [0.15, 0.2) is 0 Å². The molecule has 0 N–H and O–H groups in total. The van der Waals surface area contributed by atoms with Gasteiger partial charge in [-0.3, -0.25) is 0 Å². The summed E-state index contributed by atoms with van der Waals surface area (Å²) in [4.78, 5) is 0.501. The third-order valence-electron chi connectivity index (χ3n) is 2.14. The number of thiophene rings is 1. The van der Waals surface area contributed by atoms with Crippen LogP contribution in [0.2, 0.25) is 4.34 Å². The lowest BCUT2D eigenvalue weighted by Crippen LogP contribution is -2.00. The monoisotopic (exact) mass is 296 g/mol. The fourth-order valence-electron chi connectivity index (χ4n) is 1.40. The summed E-state index contributed by atoms with van der Waals surface area (Å²) < 4.78 is 40.1. The normalized spacial score (nSPS) is 12.8. The molecule has 2 rings (SSSR count). The second kappa shape index (κ2) is 4.88. The molecule has 1 unspecified atom stereocenters. The molecule has 1 atom stereocenters. The van der Waals surface area contributed by atoms with Gasteiger partial charge in [0.05, 0.1) is 9.71 Å². The van der Waals surface area contributed by atoms with Crippen molar-refractivity contribution >= 4 is 34.5 Å². The maximum absolute atomic E-state index is 13.5. The highest BCUT2D eigenvalue weighted by Crippen LogP contribution is 2.37. The molecule has 0 spiro atoms. The quantitative estimate of drug-likeness (QED) is 0.673. The zero-order valence-corrected chi connectivity index (χ0v) is 10.5. The van der Waals surface area contributed by atoms with Crippen LogP contribution in [0.3, 0.4) is 0 Å². The van der Waals surface area contributed by atoms with Gasteiger partial charge < -0.3 is 0 Å². The molecular weight excluding hydrogens is 292 g/mol. The number of benzene rings is 1. The molecule has 1 heterocycles. The van der Waals surface area contributed by atoms with Crippen molar-refractivity contribution in [1.29, 1.82) is 0 Å². The molecule has 2 aromatic rings. The molecular formula is C11H5Cl2F3S. The molecule has 0 saturated carbocycles. The minimum absolute atomic E-state index is 0.369. The summed E-state index contributed by atoms with van der Waals surface area (Å²) in [6.45, 7) is 0. The lowest BCUT2D eigenvalue weighted by molar-refractivity contribution is 0.526. The van der Waals surface area contributed by atoms with Crippen molar-refractivity contribution in [2.45, 2.75) is 5.38 Å². The van der Waals surface area contributed by atoms with Gasteiger partial charge >= 0.3 is 0 Å². The number of halogens is 5. The van der Waals surface area contributed by atoms with Crippen molar-refractivity contribution < 1.29 is 13.2 Å². The predicted molar refractivity (Wildman–Crippen MR) is 63.3 cm³/mol. The van der Waals surface area contributed by atoms with Crippen LogP contribution in [0.25, 0.3) is 0 Å². The first-order chi connectivity index (χ1) is 7.99. The molecule has 0 aliphatic carbocycles. The largest absolute Gasteiger partial charge is 0.207 e. The van der Waals surface area contributed by atoms with Crippen LogP contribution in [0.1, 0.15) is 15.8 Å². The van der Waals surface area contributed by atoms with E-state index < -0.39 is 22.8 Å². The third kappa shape index (κ3) is 2.59. The van der Waals surface area contributed by atoms with E-state index in [2.05, 4.69) is 0 Å². The van der Waals surface area contributed by atoms with E-state index in [4.69, 9.17) is 23.2 Å². The Morgan fingerprint density at radius 1 is 1.06 bits per heavy atom. The predicted octanol–water partition coefficient (Wildman–Crippen LogP) is 5.15. The van der Waals surface area contributed by atoms with E-state index in [9.17, 15) is 13.2 Å². The topological polar surface area (TPSA) is 0 Å². The number of hydrogen-bond donors (Lipinski definition) is 0. The summed E-state index contributed by atoms with van der Waals surface area (Å²) in [5.41, 5.74) is -0.369. The molecule has 1 aromatic heterocycles. The maximum Gasteiger partial charge on any atom is 0.134 e. The van der Waals surface area contributed by atoms with Crippen LogP contribution < -0.4 is 0 Å². The van der Waals surface area contributed by atoms with Crippen molar-refractivity contribution in [2.24, 2.45) is 0 Å². The van der Waals surface area contributed by atoms with Crippen molar-refractivity contribution in [3.05, 3.63) is 56.5 Å². The Bertz CT molecular complexity index is 530. The molecule has 0 aliphatic rings. The molecule has 0 nitrogen and oxygen atoms in total. The minimum Gasteiger partial charge on any atom is -0.207 e. The van der Waals surface area contributed by atoms with Crippen molar-refractivity contribution in [3.63, 3.8) is 0 Å². The van der Waals surface area contributed by atoms with Crippen LogP contribution >= 0.6 is 34.5 Å². The first-order valence-electron chi connectivity index (χ1n) is 4.53. The lowest BCUT2D eigenvalue weighted by atomic mass is 10.1. The van der Waals surface area contributed by atoms with E-state index in [0.717, 1.165) is 11.3 Å². The summed E-state index contributed by atoms with van der Waals surface area (Å²) in [7, 11) is 0. The zero-order valence-electron chi connectivity index (χ0n) is 8.18. The van der Waals surface area contributed by atoms with E-state index in [1.165, 1.54) is 0 Å². The van der Waals surface area contributed by atoms with E-state index >= 15 is 0 Å². The Balaban J connectivity index is 2.47. The van der Waals surface area contributed by atoms with Crippen molar-refractivity contribution in [2.75, 3.05) is 0 Å². The Morgan fingerprint density at radius 2 is 1.65 bits per heavy atom. The highest BCUT2D eigenvalue weighted by molar-refractivity contribution is 7.16. The maximum atomic E-state index is 13.5. The van der Waals surface area contributed by atoms with Gasteiger partial charge in [-0.1, -0.05) is 11.6 Å². The fourth-order valence-corrected chi connectivity index (χ4v) is 2.87. The Kier molecular flexibility index (Phi) is 3.66. The highest BCUT2D eigenvalue weighted by atomic mass is 35.5. The van der Waals surface area contributed by atoms with Gasteiger partial charge in [0, 0.05) is 22.6 Å². The van der Waals surface area contributed by atoms with Gasteiger partial charge in [0.1, 0.15) is 17.5 Å². The number of hydrogen-bond acceptors (Lipinski definition) is 1. The molecule has 6 heteroatoms. The molecule has 1 aromatic carbocycles. The minimum atomic E-state index is -1.02. The Labute approximate surface area is 110 Å². The van der Waals surface area contributed by atoms with Gasteiger partial charge in [0.25, 0.3) is 0 Å². The van der Waals surface area contributed by atoms with E-state index in [1.54, 1.807) is 12.1 Å². The first-order valence-corrected chi connectivity index (χ1v) is 6.16. The van der Waals surface area contributed by atoms with Gasteiger partial charge in [-0.05, 0) is 12.1 Å². The summed E-state index contributed by atoms with van der Waals surface area (Å²) >= 11 is 12.8. The molecule has 17 heavy (non-hydrogen) atoms. The van der Waals surface area contributed by atoms with Gasteiger partial charge in [-0.25, -0.2) is 13.2 Å².